The van der Waals surface area contributed by atoms with E-state index >= 15 is 0 Å². The van der Waals surface area contributed by atoms with Crippen molar-refractivity contribution >= 4 is 47.4 Å². The zero-order valence-electron chi connectivity index (χ0n) is 85.7. The Morgan fingerprint density at radius 3 is 1.11 bits per heavy atom. The van der Waals surface area contributed by atoms with E-state index in [2.05, 4.69) is 47.4 Å². The van der Waals surface area contributed by atoms with E-state index in [1.807, 2.05) is 0 Å². The van der Waals surface area contributed by atoms with Crippen LogP contribution in [0.3, 0.4) is 0 Å². The van der Waals surface area contributed by atoms with Gasteiger partial charge in [-0.25, -0.2) is 14.4 Å². The lowest BCUT2D eigenvalue weighted by Gasteiger charge is -2.53. The SMILES string of the molecule is CCCCCCCCCCCCCCCCCC(=O)NC(COC1OC(CO)C(OC2OC(CO)C(O)C(OC3OC(CO)C(O)C(OC4(C(=O)O)CC(O)C(NC(C)=O)C(C(O)C(CO)OC5OC(CO)C(OC6(C(=O)O)CC(O)C(NC(C)=O)C(C(O)C(O)CO)O6)C(OC6(C(=O)O)CC(O)C(NC(C)=O)C(C(O)C(O)CO)O6)C5O)O4)C3NC(C)=O)C2O)C(O)C1O)C(O)C(O)CCCCCCCCCCCCC(C)C. The van der Waals surface area contributed by atoms with E-state index in [4.69, 9.17) is 66.3 Å². The van der Waals surface area contributed by atoms with Gasteiger partial charge in [0.15, 0.2) is 25.2 Å². The normalized spacial score (nSPS) is 35.4. The van der Waals surface area contributed by atoms with Gasteiger partial charge in [0.1, 0.15) is 159 Å². The van der Waals surface area contributed by atoms with E-state index in [1.54, 1.807) is 0 Å². The maximum absolute atomic E-state index is 14.3. The van der Waals surface area contributed by atoms with Gasteiger partial charge in [-0.3, -0.25) is 24.0 Å². The van der Waals surface area contributed by atoms with E-state index in [0.717, 1.165) is 105 Å². The molecule has 0 bridgehead atoms. The van der Waals surface area contributed by atoms with Gasteiger partial charge in [0.05, 0.1) is 101 Å². The molecule has 0 radical (unpaired) electrons. The Labute approximate surface area is 864 Å². The van der Waals surface area contributed by atoms with Crippen LogP contribution in [0.1, 0.15) is 248 Å². The number of aliphatic hydroxyl groups is 23. The van der Waals surface area contributed by atoms with Gasteiger partial charge in [-0.05, 0) is 18.8 Å². The molecule has 7 heterocycles. The van der Waals surface area contributed by atoms with Crippen molar-refractivity contribution in [1.82, 2.24) is 26.6 Å². The molecule has 7 aliphatic rings. The number of amides is 5. The van der Waals surface area contributed by atoms with Gasteiger partial charge < -0.3 is 226 Å². The molecular formula is C96H169N5O48. The monoisotopic (exact) mass is 2160 g/mol. The Kier molecular flexibility index (Phi) is 55.6. The number of nitrogens with one attached hydrogen (secondary N) is 5. The fourth-order valence-electron chi connectivity index (χ4n) is 19.9. The summed E-state index contributed by atoms with van der Waals surface area (Å²) >= 11 is 0. The molecule has 53 nitrogen and oxygen atoms in total. The predicted molar refractivity (Wildman–Crippen MR) is 507 cm³/mol. The summed E-state index contributed by atoms with van der Waals surface area (Å²) in [4.78, 5) is 108. The van der Waals surface area contributed by atoms with Crippen LogP contribution in [0, 0.1) is 5.92 Å². The minimum atomic E-state index is -3.68. The zero-order valence-corrected chi connectivity index (χ0v) is 85.7. The van der Waals surface area contributed by atoms with Crippen LogP contribution in [0.5, 0.6) is 0 Å². The van der Waals surface area contributed by atoms with Crippen LogP contribution in [-0.2, 0) is 105 Å². The molecule has 0 aliphatic carbocycles. The first-order valence-corrected chi connectivity index (χ1v) is 52.1. The Bertz CT molecular complexity index is 3940. The number of carbonyl (C=O) groups is 8. The first-order chi connectivity index (χ1) is 70.6. The standard InChI is InChI=1S/C96H169N5O48/c1-8-9-10-11-12-13-14-15-16-17-18-23-26-29-32-35-64(119)101-52(69(120)53(113)34-31-28-25-22-20-19-21-24-27-30-33-47(2)3)46-136-88-76(127)75(126)79(62(44-107)140-88)142-90-77(128)85(74(125)61(43-106)139-90)143-87-68(100-51(7)112)84(73(124)59(41-104)137-87)148-95(92(132)133)37-56(116)67(99-50(6)111)83(147-95)72(123)60(42-105)138-89-78(129)86(149-96(93(134)135)38-55(115)66(98-49(5)110)82(146-96)71(122)58(118)40-103)80(63(45-108)141-89)144-94(91(130)131)36-54(114)65(97-48(4)109)81(145-94)70(121)57(117)39-102/h47,52-63,65-90,102-108,113-118,120-129H,8-46H2,1-7H3,(H,97,109)(H,98,110)(H,99,111)(H,100,112)(H,101,119)(H,130,131)(H,132,133)(H,134,135). The van der Waals surface area contributed by atoms with Crippen LogP contribution < -0.4 is 26.6 Å². The van der Waals surface area contributed by atoms with Crippen molar-refractivity contribution < 1.29 is 237 Å². The van der Waals surface area contributed by atoms with Gasteiger partial charge in [-0.2, -0.15) is 0 Å². The molecule has 0 aromatic carbocycles. The number of aliphatic hydroxyl groups excluding tert-OH is 23. The van der Waals surface area contributed by atoms with Crippen LogP contribution in [0.25, 0.3) is 0 Å². The molecule has 41 atom stereocenters. The third-order valence-corrected chi connectivity index (χ3v) is 28.2. The van der Waals surface area contributed by atoms with Crippen molar-refractivity contribution in [3.8, 4) is 0 Å². The van der Waals surface area contributed by atoms with Gasteiger partial charge >= 0.3 is 17.9 Å². The quantitative estimate of drug-likeness (QED) is 0.0252. The second-order valence-electron chi connectivity index (χ2n) is 40.5. The van der Waals surface area contributed by atoms with Crippen molar-refractivity contribution in [2.24, 2.45) is 5.92 Å². The van der Waals surface area contributed by atoms with E-state index in [-0.39, 0.29) is 12.8 Å². The van der Waals surface area contributed by atoms with Crippen molar-refractivity contribution in [2.75, 3.05) is 52.9 Å². The smallest absolute Gasteiger partial charge is 0.364 e. The van der Waals surface area contributed by atoms with Crippen LogP contribution in [0.4, 0.5) is 0 Å². The first-order valence-electron chi connectivity index (χ1n) is 52.1. The summed E-state index contributed by atoms with van der Waals surface area (Å²) in [5, 5.41) is 309. The van der Waals surface area contributed by atoms with Crippen LogP contribution in [0.2, 0.25) is 0 Å². The fourth-order valence-corrected chi connectivity index (χ4v) is 19.9. The van der Waals surface area contributed by atoms with Gasteiger partial charge in [0.2, 0.25) is 29.5 Å². The van der Waals surface area contributed by atoms with Crippen molar-refractivity contribution in [2.45, 2.75) is 497 Å². The molecule has 866 valence electrons. The average Bonchev–Trinajstić information content (AvgIpc) is 0.742. The highest BCUT2D eigenvalue weighted by molar-refractivity contribution is 5.79. The Morgan fingerprint density at radius 1 is 0.356 bits per heavy atom. The number of unbranched alkanes of at least 4 members (excludes halogenated alkanes) is 23. The first kappa shape index (κ1) is 130. The minimum absolute atomic E-state index is 0.0438. The van der Waals surface area contributed by atoms with Gasteiger partial charge in [0, 0.05) is 53.4 Å². The van der Waals surface area contributed by atoms with Crippen molar-refractivity contribution in [3.05, 3.63) is 0 Å². The number of rotatable bonds is 67. The van der Waals surface area contributed by atoms with Crippen LogP contribution >= 0.6 is 0 Å². The molecule has 7 aliphatic heterocycles. The summed E-state index contributed by atoms with van der Waals surface area (Å²) in [5.41, 5.74) is 0. The van der Waals surface area contributed by atoms with E-state index in [1.165, 1.54) is 77.0 Å². The fraction of sp³-hybridized carbons (Fsp3) is 0.917. The van der Waals surface area contributed by atoms with Gasteiger partial charge in [-0.1, -0.05) is 181 Å². The van der Waals surface area contributed by atoms with Crippen LogP contribution in [0.15, 0.2) is 0 Å². The van der Waals surface area contributed by atoms with E-state index < -0.39 is 369 Å². The molecule has 41 unspecified atom stereocenters. The zero-order chi connectivity index (χ0) is 111. The van der Waals surface area contributed by atoms with Crippen molar-refractivity contribution in [3.63, 3.8) is 0 Å². The maximum atomic E-state index is 14.3. The Balaban J connectivity index is 1.14. The molecule has 7 saturated heterocycles. The number of carboxylic acid groups (broad SMARTS) is 3. The van der Waals surface area contributed by atoms with Crippen molar-refractivity contribution in [1.29, 1.82) is 0 Å². The lowest BCUT2D eigenvalue weighted by molar-refractivity contribution is -0.404. The molecule has 0 aromatic heterocycles. The molecule has 0 aromatic rings. The lowest BCUT2D eigenvalue weighted by Crippen LogP contribution is -2.73. The molecule has 31 N–H and O–H groups in total. The Morgan fingerprint density at radius 2 is 0.705 bits per heavy atom. The molecule has 149 heavy (non-hydrogen) atoms. The number of carbonyl (C=O) groups excluding carboxylic acids is 5. The third-order valence-electron chi connectivity index (χ3n) is 28.2. The Hall–Kier alpha value is -5.72. The van der Waals surface area contributed by atoms with E-state index in [9.17, 15) is 171 Å². The second kappa shape index (κ2) is 63.6. The molecular weight excluding hydrogens is 1990 g/mol. The predicted octanol–water partition coefficient (Wildman–Crippen LogP) is -7.25. The summed E-state index contributed by atoms with van der Waals surface area (Å²) in [6.45, 7) is -0.0869. The topological polar surface area (TPSA) is 852 Å². The highest BCUT2D eigenvalue weighted by atomic mass is 16.8. The second-order valence-corrected chi connectivity index (χ2v) is 40.5. The highest BCUT2D eigenvalue weighted by Gasteiger charge is 2.67. The number of hydrogen-bond acceptors (Lipinski definition) is 45. The number of hydrogen-bond donors (Lipinski definition) is 31. The van der Waals surface area contributed by atoms with Gasteiger partial charge in [-0.15, -0.1) is 0 Å². The molecule has 5 amide bonds. The highest BCUT2D eigenvalue weighted by Crippen LogP contribution is 2.46. The van der Waals surface area contributed by atoms with Gasteiger partial charge in [0.25, 0.3) is 17.4 Å². The summed E-state index contributed by atoms with van der Waals surface area (Å²) < 4.78 is 83.7. The van der Waals surface area contributed by atoms with E-state index in [0.29, 0.717) is 18.8 Å². The summed E-state index contributed by atoms with van der Waals surface area (Å²) in [7, 11) is 0. The lowest BCUT2D eigenvalue weighted by atomic mass is 9.87. The summed E-state index contributed by atoms with van der Waals surface area (Å²) in [6, 6.07) is -9.64. The summed E-state index contributed by atoms with van der Waals surface area (Å²) in [6.07, 6.45) is -53.8. The average molecular weight is 2160 g/mol. The molecule has 7 rings (SSSR count). The largest absolute Gasteiger partial charge is 0.477 e. The minimum Gasteiger partial charge on any atom is -0.477 e. The summed E-state index contributed by atoms with van der Waals surface area (Å²) in [5.74, 6) is -22.0. The molecule has 7 fully saturated rings. The number of ether oxygens (including phenoxy) is 14. The third kappa shape index (κ3) is 36.7. The number of aliphatic carboxylic acids is 3. The molecule has 53 heteroatoms. The number of carboxylic acids is 3. The molecule has 0 spiro atoms. The molecule has 0 saturated carbocycles. The van der Waals surface area contributed by atoms with Crippen LogP contribution in [-0.4, -0.2) is 483 Å². The maximum Gasteiger partial charge on any atom is 0.364 e.